The van der Waals surface area contributed by atoms with Crippen LogP contribution in [0.15, 0.2) is 127 Å². The summed E-state index contributed by atoms with van der Waals surface area (Å²) in [7, 11) is -0.859. The summed E-state index contributed by atoms with van der Waals surface area (Å²) in [5.74, 6) is 3.67. The van der Waals surface area contributed by atoms with E-state index in [0.717, 1.165) is 34.1 Å². The lowest BCUT2D eigenvalue weighted by Crippen LogP contribution is -2.32. The van der Waals surface area contributed by atoms with Crippen LogP contribution in [-0.2, 0) is 0 Å². The van der Waals surface area contributed by atoms with Crippen molar-refractivity contribution in [1.29, 1.82) is 0 Å². The van der Waals surface area contributed by atoms with Crippen molar-refractivity contribution in [3.63, 3.8) is 0 Å². The van der Waals surface area contributed by atoms with Crippen LogP contribution >= 0.6 is 7.92 Å². The normalized spacial score (nSPS) is 14.6. The third-order valence-corrected chi connectivity index (χ3v) is 9.85. The minimum absolute atomic E-state index is 0.859. The van der Waals surface area contributed by atoms with Crippen molar-refractivity contribution in [3.05, 3.63) is 127 Å². The van der Waals surface area contributed by atoms with E-state index >= 15 is 0 Å². The fraction of sp³-hybridized carbons (Fsp3) is 0. The van der Waals surface area contributed by atoms with E-state index < -0.39 is 7.92 Å². The van der Waals surface area contributed by atoms with Crippen molar-refractivity contribution in [1.82, 2.24) is 0 Å². The molecule has 8 rings (SSSR count). The zero-order valence-corrected chi connectivity index (χ0v) is 20.8. The van der Waals surface area contributed by atoms with Crippen molar-refractivity contribution in [2.24, 2.45) is 0 Å². The summed E-state index contributed by atoms with van der Waals surface area (Å²) >= 11 is 0. The van der Waals surface area contributed by atoms with Crippen LogP contribution < -0.4 is 25.4 Å². The van der Waals surface area contributed by atoms with E-state index in [9.17, 15) is 0 Å². The molecule has 0 spiro atoms. The Kier molecular flexibility index (Phi) is 4.53. The second-order valence-electron chi connectivity index (χ2n) is 9.38. The Labute approximate surface area is 216 Å². The summed E-state index contributed by atoms with van der Waals surface area (Å²) in [5.41, 5.74) is 4.62. The average molecular weight is 493 g/mol. The fourth-order valence-corrected chi connectivity index (χ4v) is 8.31. The lowest BCUT2D eigenvalue weighted by atomic mass is 9.98. The predicted molar refractivity (Wildman–Crippen MR) is 154 cm³/mol. The molecule has 0 aromatic heterocycles. The van der Waals surface area contributed by atoms with Gasteiger partial charge in [0.05, 0.1) is 5.30 Å². The van der Waals surface area contributed by atoms with Gasteiger partial charge in [-0.05, 0) is 57.8 Å². The van der Waals surface area contributed by atoms with E-state index in [0.29, 0.717) is 0 Å². The Bertz CT molecular complexity index is 1840. The van der Waals surface area contributed by atoms with Gasteiger partial charge in [0.25, 0.3) is 0 Å². The molecule has 1 atom stereocenters. The summed E-state index contributed by atoms with van der Waals surface area (Å²) in [4.78, 5) is 0. The molecular weight excluding hydrogens is 471 g/mol. The SMILES string of the molecule is c1ccc(-c2cccc(-c3ccc4c5c3Oc3ccc6ccccc6c3P5c3ccccc3O4)c2)cc1. The molecule has 0 N–H and O–H groups in total. The molecule has 0 bridgehead atoms. The summed E-state index contributed by atoms with van der Waals surface area (Å²) in [6, 6.07) is 44.9. The monoisotopic (exact) mass is 492 g/mol. The first-order chi connectivity index (χ1) is 18.3. The topological polar surface area (TPSA) is 18.5 Å². The van der Waals surface area contributed by atoms with Gasteiger partial charge in [0.1, 0.15) is 23.0 Å². The van der Waals surface area contributed by atoms with Crippen LogP contribution in [0.3, 0.4) is 0 Å². The second-order valence-corrected chi connectivity index (χ2v) is 11.4. The smallest absolute Gasteiger partial charge is 0.147 e. The van der Waals surface area contributed by atoms with Crippen molar-refractivity contribution in [2.45, 2.75) is 0 Å². The molecule has 0 saturated carbocycles. The van der Waals surface area contributed by atoms with Gasteiger partial charge in [-0.3, -0.25) is 0 Å². The molecule has 0 radical (unpaired) electrons. The average Bonchev–Trinajstić information content (AvgIpc) is 2.97. The van der Waals surface area contributed by atoms with E-state index in [2.05, 4.69) is 121 Å². The van der Waals surface area contributed by atoms with Crippen LogP contribution in [0.2, 0.25) is 0 Å². The molecule has 0 saturated heterocycles. The highest BCUT2D eigenvalue weighted by atomic mass is 31.1. The van der Waals surface area contributed by atoms with Crippen LogP contribution in [-0.4, -0.2) is 0 Å². The Balaban J connectivity index is 1.39. The number of benzene rings is 6. The zero-order valence-electron chi connectivity index (χ0n) is 19.9. The van der Waals surface area contributed by atoms with Gasteiger partial charge in [-0.1, -0.05) is 97.1 Å². The summed E-state index contributed by atoms with van der Waals surface area (Å²) in [5, 5.41) is 6.15. The van der Waals surface area contributed by atoms with Gasteiger partial charge in [-0.2, -0.15) is 0 Å². The molecule has 6 aromatic rings. The van der Waals surface area contributed by atoms with Crippen molar-refractivity contribution < 1.29 is 9.47 Å². The lowest BCUT2D eigenvalue weighted by Gasteiger charge is -2.36. The van der Waals surface area contributed by atoms with Gasteiger partial charge in [0.15, 0.2) is 0 Å². The Hall–Kier alpha value is -4.39. The standard InChI is InChI=1S/C34H21O2P/c1-2-9-22(10-3-1)24-12-8-13-25(21-24)26-18-20-30-34-32(26)36-29-19-17-23-11-4-5-14-27(23)33(29)37(34)31-16-7-6-15-28(31)35-30/h1-21H. The van der Waals surface area contributed by atoms with Crippen molar-refractivity contribution in [2.75, 3.05) is 0 Å². The Morgan fingerprint density at radius 2 is 1.19 bits per heavy atom. The molecule has 2 aliphatic rings. The third kappa shape index (κ3) is 3.16. The first-order valence-electron chi connectivity index (χ1n) is 12.4. The van der Waals surface area contributed by atoms with Gasteiger partial charge in [0, 0.05) is 24.1 Å². The van der Waals surface area contributed by atoms with Gasteiger partial charge >= 0.3 is 0 Å². The van der Waals surface area contributed by atoms with E-state index in [1.807, 2.05) is 6.07 Å². The molecule has 2 nitrogen and oxygen atoms in total. The second kappa shape index (κ2) is 8.06. The van der Waals surface area contributed by atoms with E-state index in [1.165, 1.54) is 37.8 Å². The highest BCUT2D eigenvalue weighted by Crippen LogP contribution is 2.55. The van der Waals surface area contributed by atoms with E-state index in [1.54, 1.807) is 0 Å². The number of fused-ring (bicyclic) bond motifs is 6. The minimum atomic E-state index is -0.859. The summed E-state index contributed by atoms with van der Waals surface area (Å²) in [6.45, 7) is 0. The predicted octanol–water partition coefficient (Wildman–Crippen LogP) is 8.14. The quantitative estimate of drug-likeness (QED) is 0.227. The molecular formula is C34H21O2P. The van der Waals surface area contributed by atoms with Crippen molar-refractivity contribution >= 4 is 34.6 Å². The number of rotatable bonds is 2. The highest BCUT2D eigenvalue weighted by Gasteiger charge is 2.39. The maximum absolute atomic E-state index is 6.81. The first kappa shape index (κ1) is 20.8. The zero-order chi connectivity index (χ0) is 24.3. The maximum Gasteiger partial charge on any atom is 0.147 e. The minimum Gasteiger partial charge on any atom is -0.456 e. The molecule has 0 aliphatic carbocycles. The fourth-order valence-electron chi connectivity index (χ4n) is 5.53. The van der Waals surface area contributed by atoms with E-state index in [-0.39, 0.29) is 0 Å². The number of hydrogen-bond acceptors (Lipinski definition) is 2. The van der Waals surface area contributed by atoms with Gasteiger partial charge in [-0.15, -0.1) is 0 Å². The van der Waals surface area contributed by atoms with Crippen LogP contribution in [0.4, 0.5) is 0 Å². The number of para-hydroxylation sites is 1. The van der Waals surface area contributed by atoms with Crippen LogP contribution in [0.1, 0.15) is 0 Å². The molecule has 0 amide bonds. The number of hydrogen-bond donors (Lipinski definition) is 0. The highest BCUT2D eigenvalue weighted by molar-refractivity contribution is 7.81. The van der Waals surface area contributed by atoms with Gasteiger partial charge in [-0.25, -0.2) is 0 Å². The van der Waals surface area contributed by atoms with Crippen LogP contribution in [0.25, 0.3) is 33.0 Å². The lowest BCUT2D eigenvalue weighted by molar-refractivity contribution is 0.468. The number of ether oxygens (including phenoxy) is 2. The van der Waals surface area contributed by atoms with Crippen LogP contribution in [0, 0.1) is 0 Å². The molecule has 3 heteroatoms. The Morgan fingerprint density at radius 1 is 0.459 bits per heavy atom. The molecule has 37 heavy (non-hydrogen) atoms. The molecule has 1 unspecified atom stereocenters. The molecule has 6 aromatic carbocycles. The molecule has 174 valence electrons. The van der Waals surface area contributed by atoms with Crippen LogP contribution in [0.5, 0.6) is 23.0 Å². The van der Waals surface area contributed by atoms with E-state index in [4.69, 9.17) is 9.47 Å². The molecule has 2 aliphatic heterocycles. The molecule has 2 heterocycles. The summed E-state index contributed by atoms with van der Waals surface area (Å²) in [6.07, 6.45) is 0. The summed E-state index contributed by atoms with van der Waals surface area (Å²) < 4.78 is 13.3. The maximum atomic E-state index is 6.81. The molecule has 0 fully saturated rings. The van der Waals surface area contributed by atoms with Crippen molar-refractivity contribution in [3.8, 4) is 45.3 Å². The Morgan fingerprint density at radius 3 is 2.14 bits per heavy atom. The van der Waals surface area contributed by atoms with Gasteiger partial charge < -0.3 is 9.47 Å². The van der Waals surface area contributed by atoms with Gasteiger partial charge in [0.2, 0.25) is 0 Å². The largest absolute Gasteiger partial charge is 0.456 e. The first-order valence-corrected chi connectivity index (χ1v) is 13.8. The third-order valence-electron chi connectivity index (χ3n) is 7.22.